The van der Waals surface area contributed by atoms with Gasteiger partial charge in [0.2, 0.25) is 6.79 Å². The molecule has 3 aromatic rings. The summed E-state index contributed by atoms with van der Waals surface area (Å²) in [7, 11) is 0. The first-order valence-corrected chi connectivity index (χ1v) is 8.20. The highest BCUT2D eigenvalue weighted by molar-refractivity contribution is 5.89. The van der Waals surface area contributed by atoms with Crippen LogP contribution in [0.25, 0.3) is 16.6 Å². The van der Waals surface area contributed by atoms with Gasteiger partial charge in [-0.1, -0.05) is 18.2 Å². The molecule has 0 fully saturated rings. The molecular formula is C19H16N2O4. The third-order valence-corrected chi connectivity index (χ3v) is 4.92. The van der Waals surface area contributed by atoms with Crippen LogP contribution in [0, 0.1) is 0 Å². The van der Waals surface area contributed by atoms with E-state index in [1.165, 1.54) is 0 Å². The van der Waals surface area contributed by atoms with Gasteiger partial charge < -0.3 is 19.1 Å². The number of rotatable bonds is 2. The van der Waals surface area contributed by atoms with Crippen molar-refractivity contribution in [2.45, 2.75) is 19.0 Å². The van der Waals surface area contributed by atoms with E-state index in [4.69, 9.17) is 9.47 Å². The van der Waals surface area contributed by atoms with E-state index in [0.717, 1.165) is 39.3 Å². The fourth-order valence-corrected chi connectivity index (χ4v) is 3.76. The van der Waals surface area contributed by atoms with Crippen molar-refractivity contribution in [2.24, 2.45) is 0 Å². The summed E-state index contributed by atoms with van der Waals surface area (Å²) in [6.45, 7) is 0.751. The number of carboxylic acids is 1. The van der Waals surface area contributed by atoms with Gasteiger partial charge in [-0.15, -0.1) is 0 Å². The molecule has 0 spiro atoms. The molecule has 1 unspecified atom stereocenters. The van der Waals surface area contributed by atoms with Gasteiger partial charge in [-0.2, -0.15) is 0 Å². The van der Waals surface area contributed by atoms with Gasteiger partial charge in [0.15, 0.2) is 11.5 Å². The van der Waals surface area contributed by atoms with Crippen LogP contribution in [-0.2, 0) is 17.8 Å². The lowest BCUT2D eigenvalue weighted by molar-refractivity contribution is -0.139. The Balaban J connectivity index is 1.73. The minimum atomic E-state index is -0.814. The molecule has 2 N–H and O–H groups in total. The van der Waals surface area contributed by atoms with E-state index in [9.17, 15) is 9.90 Å². The summed E-state index contributed by atoms with van der Waals surface area (Å²) in [6, 6.07) is 13.4. The van der Waals surface area contributed by atoms with Crippen molar-refractivity contribution in [2.75, 3.05) is 6.79 Å². The maximum Gasteiger partial charge on any atom is 0.321 e. The SMILES string of the molecule is O=C(O)C1Cc2c(n(-c3ccc4c(c3)OCO4)c3ccccc23)CN1. The van der Waals surface area contributed by atoms with Gasteiger partial charge in [-0.05, 0) is 23.8 Å². The third-order valence-electron chi connectivity index (χ3n) is 4.92. The number of hydrogen-bond acceptors (Lipinski definition) is 4. The number of nitrogens with one attached hydrogen (secondary N) is 1. The Morgan fingerprint density at radius 3 is 2.88 bits per heavy atom. The number of ether oxygens (including phenoxy) is 2. The highest BCUT2D eigenvalue weighted by Crippen LogP contribution is 2.37. The number of carboxylic acid groups (broad SMARTS) is 1. The number of fused-ring (bicyclic) bond motifs is 4. The fraction of sp³-hybridized carbons (Fsp3) is 0.211. The molecule has 0 aliphatic carbocycles. The molecule has 0 amide bonds. The Morgan fingerprint density at radius 1 is 1.16 bits per heavy atom. The minimum absolute atomic E-state index is 0.241. The lowest BCUT2D eigenvalue weighted by Gasteiger charge is -2.22. The summed E-state index contributed by atoms with van der Waals surface area (Å²) in [5.41, 5.74) is 4.24. The highest BCUT2D eigenvalue weighted by atomic mass is 16.7. The smallest absolute Gasteiger partial charge is 0.321 e. The molecule has 6 nitrogen and oxygen atoms in total. The van der Waals surface area contributed by atoms with E-state index in [2.05, 4.69) is 22.0 Å². The first-order chi connectivity index (χ1) is 12.2. The Hall–Kier alpha value is -2.99. The van der Waals surface area contributed by atoms with Gasteiger partial charge in [0.25, 0.3) is 0 Å². The number of benzene rings is 2. The largest absolute Gasteiger partial charge is 0.480 e. The Labute approximate surface area is 143 Å². The van der Waals surface area contributed by atoms with Gasteiger partial charge in [0.1, 0.15) is 6.04 Å². The van der Waals surface area contributed by atoms with Crippen LogP contribution >= 0.6 is 0 Å². The lowest BCUT2D eigenvalue weighted by atomic mass is 9.98. The average molecular weight is 336 g/mol. The van der Waals surface area contributed by atoms with Gasteiger partial charge in [0.05, 0.1) is 5.52 Å². The van der Waals surface area contributed by atoms with Crippen LogP contribution in [0.1, 0.15) is 11.3 Å². The fourth-order valence-electron chi connectivity index (χ4n) is 3.76. The monoisotopic (exact) mass is 336 g/mol. The Morgan fingerprint density at radius 2 is 2.00 bits per heavy atom. The third kappa shape index (κ3) is 2.11. The van der Waals surface area contributed by atoms with Gasteiger partial charge in [-0.25, -0.2) is 0 Å². The van der Waals surface area contributed by atoms with Crippen molar-refractivity contribution in [3.05, 3.63) is 53.7 Å². The molecule has 0 bridgehead atoms. The van der Waals surface area contributed by atoms with Crippen molar-refractivity contribution in [1.29, 1.82) is 0 Å². The Kier molecular flexibility index (Phi) is 3.02. The molecule has 126 valence electrons. The summed E-state index contributed by atoms with van der Waals surface area (Å²) >= 11 is 0. The molecule has 1 atom stereocenters. The second-order valence-corrected chi connectivity index (χ2v) is 6.29. The van der Waals surface area contributed by atoms with Crippen molar-refractivity contribution >= 4 is 16.9 Å². The predicted molar refractivity (Wildman–Crippen MR) is 91.4 cm³/mol. The van der Waals surface area contributed by atoms with Crippen molar-refractivity contribution < 1.29 is 19.4 Å². The lowest BCUT2D eigenvalue weighted by Crippen LogP contribution is -2.41. The zero-order chi connectivity index (χ0) is 17.0. The van der Waals surface area contributed by atoms with E-state index < -0.39 is 12.0 Å². The second kappa shape index (κ2) is 5.26. The highest BCUT2D eigenvalue weighted by Gasteiger charge is 2.29. The van der Waals surface area contributed by atoms with Crippen LogP contribution in [0.4, 0.5) is 0 Å². The molecule has 0 saturated carbocycles. The molecule has 5 rings (SSSR count). The van der Waals surface area contributed by atoms with E-state index in [1.807, 2.05) is 30.3 Å². The van der Waals surface area contributed by atoms with Gasteiger partial charge in [-0.3, -0.25) is 10.1 Å². The van der Waals surface area contributed by atoms with E-state index >= 15 is 0 Å². The van der Waals surface area contributed by atoms with Crippen LogP contribution < -0.4 is 14.8 Å². The maximum absolute atomic E-state index is 11.4. The summed E-state index contributed by atoms with van der Waals surface area (Å²) in [5.74, 6) is 0.667. The first-order valence-electron chi connectivity index (χ1n) is 8.20. The topological polar surface area (TPSA) is 72.7 Å². The van der Waals surface area contributed by atoms with Crippen molar-refractivity contribution in [3.63, 3.8) is 0 Å². The Bertz CT molecular complexity index is 1010. The molecule has 2 aromatic carbocycles. The van der Waals surface area contributed by atoms with Crippen LogP contribution in [0.2, 0.25) is 0 Å². The molecule has 3 heterocycles. The number of nitrogens with zero attached hydrogens (tertiary/aromatic N) is 1. The number of aromatic nitrogens is 1. The number of aliphatic carboxylic acids is 1. The molecule has 0 radical (unpaired) electrons. The zero-order valence-electron chi connectivity index (χ0n) is 13.4. The summed E-state index contributed by atoms with van der Waals surface area (Å²) in [6.07, 6.45) is 0.475. The molecule has 1 aromatic heterocycles. The van der Waals surface area contributed by atoms with Crippen LogP contribution in [0.15, 0.2) is 42.5 Å². The predicted octanol–water partition coefficient (Wildman–Crippen LogP) is 2.46. The summed E-state index contributed by atoms with van der Waals surface area (Å²) < 4.78 is 13.1. The van der Waals surface area contributed by atoms with Crippen LogP contribution in [-0.4, -0.2) is 28.5 Å². The van der Waals surface area contributed by atoms with Gasteiger partial charge >= 0.3 is 5.97 Å². The average Bonchev–Trinajstić information content (AvgIpc) is 3.22. The number of para-hydroxylation sites is 1. The summed E-state index contributed by atoms with van der Waals surface area (Å²) in [4.78, 5) is 11.4. The second-order valence-electron chi connectivity index (χ2n) is 6.29. The molecule has 25 heavy (non-hydrogen) atoms. The molecule has 0 saturated heterocycles. The zero-order valence-corrected chi connectivity index (χ0v) is 13.4. The van der Waals surface area contributed by atoms with E-state index in [-0.39, 0.29) is 6.79 Å². The number of carbonyl (C=O) groups is 1. The minimum Gasteiger partial charge on any atom is -0.480 e. The standard InChI is InChI=1S/C19H16N2O4/c22-19(23)14-8-13-12-3-1-2-4-15(12)21(16(13)9-20-14)11-5-6-17-18(7-11)25-10-24-17/h1-7,14,20H,8-10H2,(H,22,23). The van der Waals surface area contributed by atoms with Crippen LogP contribution in [0.5, 0.6) is 11.5 Å². The van der Waals surface area contributed by atoms with E-state index in [1.54, 1.807) is 0 Å². The molecule has 6 heteroatoms. The number of hydrogen-bond donors (Lipinski definition) is 2. The van der Waals surface area contributed by atoms with Crippen LogP contribution in [0.3, 0.4) is 0 Å². The van der Waals surface area contributed by atoms with Gasteiger partial charge in [0, 0.05) is 35.8 Å². The van der Waals surface area contributed by atoms with Crippen molar-refractivity contribution in [3.8, 4) is 17.2 Å². The van der Waals surface area contributed by atoms with E-state index in [0.29, 0.717) is 13.0 Å². The maximum atomic E-state index is 11.4. The molecule has 2 aliphatic heterocycles. The quantitative estimate of drug-likeness (QED) is 0.752. The molecular weight excluding hydrogens is 320 g/mol. The first kappa shape index (κ1) is 14.4. The van der Waals surface area contributed by atoms with Crippen molar-refractivity contribution in [1.82, 2.24) is 9.88 Å². The normalized spacial score (nSPS) is 18.3. The molecule has 2 aliphatic rings. The summed E-state index contributed by atoms with van der Waals surface area (Å²) in [5, 5.41) is 13.6.